The maximum absolute atomic E-state index is 12.2. The molecule has 158 valence electrons. The Morgan fingerprint density at radius 1 is 1.04 bits per heavy atom. The lowest BCUT2D eigenvalue weighted by molar-refractivity contribution is -0.119. The number of benzene rings is 1. The second-order valence-electron chi connectivity index (χ2n) is 7.74. The summed E-state index contributed by atoms with van der Waals surface area (Å²) in [5.41, 5.74) is 7.83. The van der Waals surface area contributed by atoms with Gasteiger partial charge in [-0.3, -0.25) is 9.69 Å². The van der Waals surface area contributed by atoms with Gasteiger partial charge in [-0.05, 0) is 29.7 Å². The van der Waals surface area contributed by atoms with Crippen LogP contribution >= 0.6 is 37.2 Å². The molecule has 1 aromatic rings. The number of nitrogens with zero attached hydrogens (tertiary/aromatic N) is 2. The molecule has 1 fully saturated rings. The number of nitrogens with two attached hydrogens (primary N) is 1. The third-order valence-electron chi connectivity index (χ3n) is 4.76. The van der Waals surface area contributed by atoms with E-state index in [1.807, 2.05) is 32.9 Å². The van der Waals surface area contributed by atoms with Crippen LogP contribution in [0.1, 0.15) is 33.3 Å². The molecular weight excluding hydrogens is 407 g/mol. The number of likely N-dealkylation sites (N-methyl/N-ethyl adjacent to an activating group) is 1. The van der Waals surface area contributed by atoms with Crippen molar-refractivity contribution in [2.45, 2.75) is 40.3 Å². The second-order valence-corrected chi connectivity index (χ2v) is 7.74. The van der Waals surface area contributed by atoms with Crippen molar-refractivity contribution in [2.75, 3.05) is 38.0 Å². The van der Waals surface area contributed by atoms with E-state index < -0.39 is 6.04 Å². The summed E-state index contributed by atoms with van der Waals surface area (Å²) in [6, 6.07) is 7.58. The zero-order valence-electron chi connectivity index (χ0n) is 16.7. The van der Waals surface area contributed by atoms with Crippen LogP contribution in [0.25, 0.3) is 0 Å². The molecule has 2 rings (SSSR count). The molecule has 0 aliphatic carbocycles. The van der Waals surface area contributed by atoms with Crippen LogP contribution in [0.2, 0.25) is 0 Å². The molecule has 27 heavy (non-hydrogen) atoms. The van der Waals surface area contributed by atoms with E-state index in [2.05, 4.69) is 34.2 Å². The van der Waals surface area contributed by atoms with Crippen LogP contribution in [-0.2, 0) is 11.3 Å². The van der Waals surface area contributed by atoms with Gasteiger partial charge < -0.3 is 16.0 Å². The lowest BCUT2D eigenvalue weighted by Crippen LogP contribution is -2.45. The molecule has 1 aromatic carbocycles. The second kappa shape index (κ2) is 12.8. The summed E-state index contributed by atoms with van der Waals surface area (Å²) < 4.78 is 0. The molecule has 3 N–H and O–H groups in total. The summed E-state index contributed by atoms with van der Waals surface area (Å²) in [5.74, 6) is -0.133. The average Bonchev–Trinajstić information content (AvgIpc) is 2.55. The number of carbonyl (C=O) groups is 1. The number of hydrogen-bond donors (Lipinski definition) is 2. The van der Waals surface area contributed by atoms with Crippen molar-refractivity contribution in [1.82, 2.24) is 9.80 Å². The number of carbonyl (C=O) groups excluding carboxylic acids is 1. The maximum Gasteiger partial charge on any atom is 0.241 e. The van der Waals surface area contributed by atoms with Gasteiger partial charge in [0, 0.05) is 38.4 Å². The highest BCUT2D eigenvalue weighted by Gasteiger charge is 2.27. The third kappa shape index (κ3) is 8.99. The predicted molar refractivity (Wildman–Crippen MR) is 122 cm³/mol. The van der Waals surface area contributed by atoms with Gasteiger partial charge in [-0.25, -0.2) is 0 Å². The van der Waals surface area contributed by atoms with Crippen molar-refractivity contribution in [2.24, 2.45) is 11.1 Å². The van der Waals surface area contributed by atoms with Crippen molar-refractivity contribution < 1.29 is 4.79 Å². The van der Waals surface area contributed by atoms with Crippen molar-refractivity contribution in [3.8, 4) is 0 Å². The molecule has 5 nitrogen and oxygen atoms in total. The van der Waals surface area contributed by atoms with Crippen LogP contribution in [0.3, 0.4) is 0 Å². The van der Waals surface area contributed by atoms with E-state index in [4.69, 9.17) is 5.73 Å². The lowest BCUT2D eigenvalue weighted by Gasteiger charge is -2.34. The van der Waals surface area contributed by atoms with Gasteiger partial charge in [0.2, 0.25) is 5.91 Å². The van der Waals surface area contributed by atoms with E-state index in [9.17, 15) is 4.79 Å². The molecule has 0 bridgehead atoms. The fourth-order valence-corrected chi connectivity index (χ4v) is 2.83. The van der Waals surface area contributed by atoms with Crippen LogP contribution in [0.15, 0.2) is 24.3 Å². The van der Waals surface area contributed by atoms with E-state index >= 15 is 0 Å². The molecule has 1 saturated heterocycles. The van der Waals surface area contributed by atoms with E-state index in [1.165, 1.54) is 5.56 Å². The number of anilines is 1. The molecule has 1 amide bonds. The Morgan fingerprint density at radius 2 is 1.52 bits per heavy atom. The molecule has 0 radical (unpaired) electrons. The minimum Gasteiger partial charge on any atom is -0.325 e. The van der Waals surface area contributed by atoms with Crippen LogP contribution in [0, 0.1) is 5.41 Å². The van der Waals surface area contributed by atoms with Gasteiger partial charge in [0.15, 0.2) is 0 Å². The Morgan fingerprint density at radius 3 is 1.96 bits per heavy atom. The van der Waals surface area contributed by atoms with E-state index in [0.29, 0.717) is 0 Å². The average molecular weight is 442 g/mol. The molecule has 8 heteroatoms. The largest absolute Gasteiger partial charge is 0.325 e. The quantitative estimate of drug-likeness (QED) is 0.735. The van der Waals surface area contributed by atoms with Gasteiger partial charge in [-0.2, -0.15) is 0 Å². The molecule has 0 aromatic heterocycles. The predicted octanol–water partition coefficient (Wildman–Crippen LogP) is 3.40. The fraction of sp³-hybridized carbons (Fsp3) is 0.632. The van der Waals surface area contributed by atoms with Gasteiger partial charge in [-0.1, -0.05) is 39.8 Å². The Hall–Kier alpha value is -0.560. The number of halogens is 3. The Labute approximate surface area is 182 Å². The summed E-state index contributed by atoms with van der Waals surface area (Å²) in [5, 5.41) is 2.91. The Kier molecular flexibility index (Phi) is 13.6. The molecule has 0 saturated carbocycles. The molecule has 1 heterocycles. The summed E-state index contributed by atoms with van der Waals surface area (Å²) in [6.45, 7) is 14.8. The number of nitrogens with one attached hydrogen (secondary N) is 1. The third-order valence-corrected chi connectivity index (χ3v) is 4.76. The van der Waals surface area contributed by atoms with Gasteiger partial charge in [0.25, 0.3) is 0 Å². The molecule has 1 atom stereocenters. The van der Waals surface area contributed by atoms with E-state index in [1.54, 1.807) is 0 Å². The van der Waals surface area contributed by atoms with Gasteiger partial charge in [0.1, 0.15) is 0 Å². The highest BCUT2D eigenvalue weighted by Crippen LogP contribution is 2.19. The number of amides is 1. The topological polar surface area (TPSA) is 61.6 Å². The standard InChI is InChI=1S/C19H32N4O.3ClH/c1-5-22-10-12-23(13-11-22)14-15-6-8-16(9-7-15)21-18(24)17(20)19(2,3)4;;;/h6-9,17H,5,10-14,20H2,1-4H3,(H,21,24);3*1H/t17-;;;/m1.../s1. The first-order chi connectivity index (χ1) is 11.3. The van der Waals surface area contributed by atoms with E-state index in [-0.39, 0.29) is 48.5 Å². The monoisotopic (exact) mass is 440 g/mol. The summed E-state index contributed by atoms with van der Waals surface area (Å²) in [4.78, 5) is 17.1. The lowest BCUT2D eigenvalue weighted by atomic mass is 9.87. The van der Waals surface area contributed by atoms with E-state index in [0.717, 1.165) is 45.0 Å². The minimum absolute atomic E-state index is 0. The van der Waals surface area contributed by atoms with Gasteiger partial charge in [-0.15, -0.1) is 37.2 Å². The van der Waals surface area contributed by atoms with Gasteiger partial charge >= 0.3 is 0 Å². The highest BCUT2D eigenvalue weighted by molar-refractivity contribution is 5.95. The first-order valence-corrected chi connectivity index (χ1v) is 8.89. The zero-order valence-corrected chi connectivity index (χ0v) is 19.2. The van der Waals surface area contributed by atoms with Gasteiger partial charge in [0.05, 0.1) is 6.04 Å². The normalized spacial score (nSPS) is 16.3. The zero-order chi connectivity index (χ0) is 17.7. The molecular formula is C19H35Cl3N4O. The van der Waals surface area contributed by atoms with Crippen molar-refractivity contribution in [3.63, 3.8) is 0 Å². The van der Waals surface area contributed by atoms with Crippen LogP contribution < -0.4 is 11.1 Å². The first-order valence-electron chi connectivity index (χ1n) is 8.89. The highest BCUT2D eigenvalue weighted by atomic mass is 35.5. The maximum atomic E-state index is 12.2. The smallest absolute Gasteiger partial charge is 0.241 e. The molecule has 0 spiro atoms. The fourth-order valence-electron chi connectivity index (χ4n) is 2.83. The Balaban J connectivity index is 0. The van der Waals surface area contributed by atoms with Crippen LogP contribution in [0.4, 0.5) is 5.69 Å². The molecule has 1 aliphatic rings. The minimum atomic E-state index is -0.521. The number of hydrogen-bond acceptors (Lipinski definition) is 4. The summed E-state index contributed by atoms with van der Waals surface area (Å²) in [6.07, 6.45) is 0. The van der Waals surface area contributed by atoms with Crippen molar-refractivity contribution in [3.05, 3.63) is 29.8 Å². The van der Waals surface area contributed by atoms with Crippen molar-refractivity contribution >= 4 is 48.8 Å². The van der Waals surface area contributed by atoms with Crippen molar-refractivity contribution in [1.29, 1.82) is 0 Å². The molecule has 0 unspecified atom stereocenters. The SMILES string of the molecule is CCN1CCN(Cc2ccc(NC(=O)[C@@H](N)C(C)(C)C)cc2)CC1.Cl.Cl.Cl. The molecule has 1 aliphatic heterocycles. The summed E-state index contributed by atoms with van der Waals surface area (Å²) in [7, 11) is 0. The van der Waals surface area contributed by atoms with Crippen LogP contribution in [0.5, 0.6) is 0 Å². The Bertz CT molecular complexity index is 541. The first kappa shape index (κ1) is 28.6. The van der Waals surface area contributed by atoms with Crippen LogP contribution in [-0.4, -0.2) is 54.5 Å². The number of piperazine rings is 1. The summed E-state index contributed by atoms with van der Waals surface area (Å²) >= 11 is 0. The number of rotatable bonds is 5.